The van der Waals surface area contributed by atoms with Gasteiger partial charge in [0.2, 0.25) is 0 Å². The van der Waals surface area contributed by atoms with Gasteiger partial charge in [-0.15, -0.1) is 0 Å². The molecule has 3 rings (SSSR count). The molecule has 1 heterocycles. The number of furan rings is 1. The molecule has 2 N–H and O–H groups in total. The molecule has 148 valence electrons. The van der Waals surface area contributed by atoms with Crippen LogP contribution in [0.25, 0.3) is 11.3 Å². The molecule has 0 radical (unpaired) electrons. The molecule has 1 amide bonds. The van der Waals surface area contributed by atoms with Gasteiger partial charge in [-0.25, -0.2) is 0 Å². The SMILES string of the molecule is COc1ccc(NC(=S)NC(=O)c2ccc(-c3cccc([N+](=O)[O-])c3)o2)cc1Br. The molecule has 0 bridgehead atoms. The van der Waals surface area contributed by atoms with E-state index in [4.69, 9.17) is 21.4 Å². The van der Waals surface area contributed by atoms with Gasteiger partial charge in [-0.1, -0.05) is 12.1 Å². The van der Waals surface area contributed by atoms with Crippen molar-refractivity contribution < 1.29 is 18.9 Å². The molecule has 0 atom stereocenters. The maximum absolute atomic E-state index is 12.4. The number of nitrogens with one attached hydrogen (secondary N) is 2. The second-order valence-electron chi connectivity index (χ2n) is 5.73. The Morgan fingerprint density at radius 2 is 2.00 bits per heavy atom. The first-order chi connectivity index (χ1) is 13.9. The predicted octanol–water partition coefficient (Wildman–Crippen LogP) is 4.75. The summed E-state index contributed by atoms with van der Waals surface area (Å²) in [7, 11) is 1.56. The van der Waals surface area contributed by atoms with Crippen LogP contribution in [0.15, 0.2) is 63.5 Å². The van der Waals surface area contributed by atoms with Gasteiger partial charge in [0.1, 0.15) is 11.5 Å². The van der Waals surface area contributed by atoms with Crippen molar-refractivity contribution in [2.75, 3.05) is 12.4 Å². The Morgan fingerprint density at radius 1 is 1.21 bits per heavy atom. The van der Waals surface area contributed by atoms with E-state index >= 15 is 0 Å². The topological polar surface area (TPSA) is 107 Å². The minimum Gasteiger partial charge on any atom is -0.496 e. The number of hydrogen-bond donors (Lipinski definition) is 2. The lowest BCUT2D eigenvalue weighted by atomic mass is 10.1. The summed E-state index contributed by atoms with van der Waals surface area (Å²) in [4.78, 5) is 22.8. The van der Waals surface area contributed by atoms with E-state index in [1.807, 2.05) is 0 Å². The zero-order chi connectivity index (χ0) is 21.0. The molecular weight excluding hydrogens is 462 g/mol. The maximum Gasteiger partial charge on any atom is 0.293 e. The Labute approximate surface area is 179 Å². The summed E-state index contributed by atoms with van der Waals surface area (Å²) in [5.74, 6) is 0.463. The van der Waals surface area contributed by atoms with Gasteiger partial charge in [0.15, 0.2) is 10.9 Å². The number of carbonyl (C=O) groups excluding carboxylic acids is 1. The second kappa shape index (κ2) is 8.84. The lowest BCUT2D eigenvalue weighted by Gasteiger charge is -2.10. The highest BCUT2D eigenvalue weighted by Crippen LogP contribution is 2.28. The number of nitro groups is 1. The van der Waals surface area contributed by atoms with Gasteiger partial charge in [0.25, 0.3) is 11.6 Å². The minimum absolute atomic E-state index is 0.0200. The van der Waals surface area contributed by atoms with Crippen molar-refractivity contribution in [2.45, 2.75) is 0 Å². The normalized spacial score (nSPS) is 10.3. The average Bonchev–Trinajstić information content (AvgIpc) is 3.18. The van der Waals surface area contributed by atoms with Crippen molar-refractivity contribution >= 4 is 50.5 Å². The highest BCUT2D eigenvalue weighted by atomic mass is 79.9. The van der Waals surface area contributed by atoms with Gasteiger partial charge in [0.05, 0.1) is 16.5 Å². The molecule has 2 aromatic carbocycles. The number of methoxy groups -OCH3 is 1. The summed E-state index contributed by atoms with van der Waals surface area (Å²) in [5, 5.41) is 16.4. The Bertz CT molecular complexity index is 1100. The molecule has 1 aromatic heterocycles. The van der Waals surface area contributed by atoms with E-state index in [9.17, 15) is 14.9 Å². The summed E-state index contributed by atoms with van der Waals surface area (Å²) >= 11 is 8.53. The van der Waals surface area contributed by atoms with Crippen molar-refractivity contribution in [3.63, 3.8) is 0 Å². The van der Waals surface area contributed by atoms with E-state index in [-0.39, 0.29) is 16.6 Å². The van der Waals surface area contributed by atoms with Gasteiger partial charge in [0, 0.05) is 23.4 Å². The zero-order valence-corrected chi connectivity index (χ0v) is 17.4. The van der Waals surface area contributed by atoms with Crippen molar-refractivity contribution in [3.8, 4) is 17.1 Å². The third kappa shape index (κ3) is 4.98. The highest BCUT2D eigenvalue weighted by Gasteiger charge is 2.15. The molecule has 0 saturated heterocycles. The number of nitrogens with zero attached hydrogens (tertiary/aromatic N) is 1. The largest absolute Gasteiger partial charge is 0.496 e. The standard InChI is InChI=1S/C19H14BrN3O5S/c1-27-16-6-5-12(10-14(16)20)21-19(29)22-18(24)17-8-7-15(28-17)11-3-2-4-13(9-11)23(25)26/h2-10H,1H3,(H2,21,22,24,29). The van der Waals surface area contributed by atoms with Gasteiger partial charge >= 0.3 is 0 Å². The van der Waals surface area contributed by atoms with E-state index in [2.05, 4.69) is 26.6 Å². The van der Waals surface area contributed by atoms with Crippen molar-refractivity contribution in [3.05, 3.63) is 74.9 Å². The van der Waals surface area contributed by atoms with E-state index < -0.39 is 10.8 Å². The molecule has 3 aromatic rings. The van der Waals surface area contributed by atoms with Gasteiger partial charge in [-0.2, -0.15) is 0 Å². The van der Waals surface area contributed by atoms with E-state index in [0.717, 1.165) is 4.47 Å². The summed E-state index contributed by atoms with van der Waals surface area (Å²) in [6.45, 7) is 0. The van der Waals surface area contributed by atoms with Crippen LogP contribution in [0.2, 0.25) is 0 Å². The van der Waals surface area contributed by atoms with Crippen LogP contribution in [0, 0.1) is 10.1 Å². The molecule has 0 spiro atoms. The van der Waals surface area contributed by atoms with Crippen LogP contribution in [-0.2, 0) is 0 Å². The Morgan fingerprint density at radius 3 is 2.69 bits per heavy atom. The molecule has 10 heteroatoms. The Hall–Kier alpha value is -3.24. The molecule has 0 aliphatic heterocycles. The molecule has 0 unspecified atom stereocenters. The van der Waals surface area contributed by atoms with Crippen LogP contribution < -0.4 is 15.4 Å². The van der Waals surface area contributed by atoms with Gasteiger partial charge in [-0.3, -0.25) is 20.2 Å². The molecular formula is C19H14BrN3O5S. The summed E-state index contributed by atoms with van der Waals surface area (Å²) in [6, 6.07) is 14.2. The summed E-state index contributed by atoms with van der Waals surface area (Å²) < 4.78 is 11.4. The van der Waals surface area contributed by atoms with Crippen molar-refractivity contribution in [1.29, 1.82) is 0 Å². The third-order valence-corrected chi connectivity index (χ3v) is 4.63. The second-order valence-corrected chi connectivity index (χ2v) is 6.99. The number of hydrogen-bond acceptors (Lipinski definition) is 6. The van der Waals surface area contributed by atoms with E-state index in [1.165, 1.54) is 18.2 Å². The average molecular weight is 476 g/mol. The predicted molar refractivity (Wildman–Crippen MR) is 115 cm³/mol. The number of anilines is 1. The molecule has 8 nitrogen and oxygen atoms in total. The molecule has 0 aliphatic rings. The van der Waals surface area contributed by atoms with Crippen LogP contribution in [0.5, 0.6) is 5.75 Å². The Balaban J connectivity index is 1.67. The number of rotatable bonds is 5. The number of carbonyl (C=O) groups is 1. The number of halogens is 1. The molecule has 0 saturated carbocycles. The van der Waals surface area contributed by atoms with Crippen LogP contribution in [0.3, 0.4) is 0 Å². The number of thiocarbonyl (C=S) groups is 1. The zero-order valence-electron chi connectivity index (χ0n) is 15.0. The molecule has 29 heavy (non-hydrogen) atoms. The van der Waals surface area contributed by atoms with Gasteiger partial charge < -0.3 is 14.5 Å². The quantitative estimate of drug-likeness (QED) is 0.311. The van der Waals surface area contributed by atoms with E-state index in [1.54, 1.807) is 43.5 Å². The number of non-ortho nitro benzene ring substituents is 1. The smallest absolute Gasteiger partial charge is 0.293 e. The van der Waals surface area contributed by atoms with Crippen LogP contribution >= 0.6 is 28.1 Å². The first-order valence-corrected chi connectivity index (χ1v) is 9.38. The van der Waals surface area contributed by atoms with Crippen LogP contribution in [0.1, 0.15) is 10.6 Å². The third-order valence-electron chi connectivity index (χ3n) is 3.81. The number of benzene rings is 2. The number of ether oxygens (including phenoxy) is 1. The molecule has 0 aliphatic carbocycles. The fraction of sp³-hybridized carbons (Fsp3) is 0.0526. The van der Waals surface area contributed by atoms with Crippen molar-refractivity contribution in [1.82, 2.24) is 5.32 Å². The summed E-state index contributed by atoms with van der Waals surface area (Å²) in [5.41, 5.74) is 1.07. The molecule has 0 fully saturated rings. The first-order valence-electron chi connectivity index (χ1n) is 8.18. The van der Waals surface area contributed by atoms with Gasteiger partial charge in [-0.05, 0) is 58.5 Å². The fourth-order valence-electron chi connectivity index (χ4n) is 2.46. The van der Waals surface area contributed by atoms with E-state index in [0.29, 0.717) is 22.8 Å². The maximum atomic E-state index is 12.4. The monoisotopic (exact) mass is 475 g/mol. The fourth-order valence-corrected chi connectivity index (χ4v) is 3.21. The van der Waals surface area contributed by atoms with Crippen LogP contribution in [0.4, 0.5) is 11.4 Å². The van der Waals surface area contributed by atoms with Crippen LogP contribution in [-0.4, -0.2) is 23.1 Å². The highest BCUT2D eigenvalue weighted by molar-refractivity contribution is 9.10. The van der Waals surface area contributed by atoms with Crippen molar-refractivity contribution in [2.24, 2.45) is 0 Å². The Kier molecular flexibility index (Phi) is 6.25. The lowest BCUT2D eigenvalue weighted by molar-refractivity contribution is -0.384. The first kappa shape index (κ1) is 20.5. The number of amides is 1. The minimum atomic E-state index is -0.549. The number of nitro benzene ring substituents is 1. The summed E-state index contributed by atoms with van der Waals surface area (Å²) in [6.07, 6.45) is 0. The lowest BCUT2D eigenvalue weighted by Crippen LogP contribution is -2.33.